The first-order valence-corrected chi connectivity index (χ1v) is 16.3. The summed E-state index contributed by atoms with van der Waals surface area (Å²) in [6, 6.07) is 4.50. The summed E-state index contributed by atoms with van der Waals surface area (Å²) in [7, 11) is 1.29. The first-order chi connectivity index (χ1) is 23.0. The number of benzene rings is 3. The quantitative estimate of drug-likeness (QED) is 0.172. The fourth-order valence-electron chi connectivity index (χ4n) is 7.37. The van der Waals surface area contributed by atoms with Gasteiger partial charge in [0.1, 0.15) is 36.1 Å². The normalized spacial score (nSPS) is 23.2. The van der Waals surface area contributed by atoms with Crippen molar-refractivity contribution in [2.75, 3.05) is 39.9 Å². The van der Waals surface area contributed by atoms with Crippen LogP contribution in [0.1, 0.15) is 40.8 Å². The Hall–Kier alpha value is -3.40. The number of aromatic nitrogens is 2. The van der Waals surface area contributed by atoms with Gasteiger partial charge < -0.3 is 39.2 Å². The van der Waals surface area contributed by atoms with Crippen LogP contribution in [0.25, 0.3) is 43.6 Å². The number of hydrogen-bond acceptors (Lipinski definition) is 8. The lowest BCUT2D eigenvalue weighted by molar-refractivity contribution is -0.255. The standard InChI is InChI=1S/C33H32Cl2F2N4O7/c1-4-39(5-2)6-7-40-31(45)22-20-15-8-13(36)10-17(34)24(15)38-25(20)27-21(23(22)32(40)46)16-9-14(37)11-18(35)26(16)41(27)33-29(44)28(43)30(47-3)19(12-42)48-33/h8-11,19,28-30,33,38,42-44H,4-7,12H2,1-3H3/t19-,28-,29-,30-,33-/m1/s1. The molecule has 5 atom stereocenters. The number of nitrogens with zero attached hydrogens (tertiary/aromatic N) is 3. The largest absolute Gasteiger partial charge is 0.394 e. The fraction of sp³-hybridized carbons (Fsp3) is 0.394. The summed E-state index contributed by atoms with van der Waals surface area (Å²) >= 11 is 13.2. The third kappa shape index (κ3) is 4.67. The van der Waals surface area contributed by atoms with Gasteiger partial charge in [0.2, 0.25) is 0 Å². The number of aliphatic hydroxyl groups excluding tert-OH is 3. The molecule has 0 aliphatic carbocycles. The van der Waals surface area contributed by atoms with Gasteiger partial charge in [-0.3, -0.25) is 14.5 Å². The summed E-state index contributed by atoms with van der Waals surface area (Å²) in [4.78, 5) is 35.1. The monoisotopic (exact) mass is 704 g/mol. The van der Waals surface area contributed by atoms with Gasteiger partial charge in [0.15, 0.2) is 6.23 Å². The maximum absolute atomic E-state index is 15.2. The lowest BCUT2D eigenvalue weighted by atomic mass is 9.96. The van der Waals surface area contributed by atoms with Crippen LogP contribution in [0.5, 0.6) is 0 Å². The van der Waals surface area contributed by atoms with E-state index in [9.17, 15) is 29.3 Å². The molecule has 3 aromatic carbocycles. The number of ether oxygens (including phenoxy) is 2. The maximum atomic E-state index is 15.2. The number of imide groups is 1. The molecule has 11 nitrogen and oxygen atoms in total. The zero-order valence-corrected chi connectivity index (χ0v) is 27.6. The number of nitrogens with one attached hydrogen (secondary N) is 1. The minimum absolute atomic E-state index is 0.00217. The Kier molecular flexibility index (Phi) is 8.40. The van der Waals surface area contributed by atoms with Gasteiger partial charge >= 0.3 is 0 Å². The highest BCUT2D eigenvalue weighted by Gasteiger charge is 2.48. The number of halogens is 4. The number of fused-ring (bicyclic) bond motifs is 10. The highest BCUT2D eigenvalue weighted by Crippen LogP contribution is 2.49. The molecule has 1 fully saturated rings. The molecule has 7 rings (SSSR count). The van der Waals surface area contributed by atoms with Crippen molar-refractivity contribution in [1.29, 1.82) is 0 Å². The molecule has 254 valence electrons. The average molecular weight is 706 g/mol. The maximum Gasteiger partial charge on any atom is 0.262 e. The number of carbonyl (C=O) groups excluding carboxylic acids is 2. The van der Waals surface area contributed by atoms with E-state index >= 15 is 4.39 Å². The molecule has 2 aromatic heterocycles. The van der Waals surface area contributed by atoms with Gasteiger partial charge in [0, 0.05) is 41.7 Å². The highest BCUT2D eigenvalue weighted by atomic mass is 35.5. The Morgan fingerprint density at radius 3 is 2.17 bits per heavy atom. The third-order valence-electron chi connectivity index (χ3n) is 9.65. The molecule has 0 spiro atoms. The van der Waals surface area contributed by atoms with Gasteiger partial charge in [-0.05, 0) is 37.4 Å². The van der Waals surface area contributed by atoms with Gasteiger partial charge in [-0.15, -0.1) is 0 Å². The molecule has 0 radical (unpaired) electrons. The van der Waals surface area contributed by atoms with Crippen LogP contribution >= 0.6 is 23.2 Å². The predicted molar refractivity (Wildman–Crippen MR) is 176 cm³/mol. The van der Waals surface area contributed by atoms with Crippen molar-refractivity contribution in [3.63, 3.8) is 0 Å². The van der Waals surface area contributed by atoms with Crippen LogP contribution in [0.4, 0.5) is 8.78 Å². The first kappa shape index (κ1) is 33.1. The van der Waals surface area contributed by atoms with E-state index in [4.69, 9.17) is 32.7 Å². The van der Waals surface area contributed by atoms with E-state index in [1.165, 1.54) is 17.7 Å². The second-order valence-electron chi connectivity index (χ2n) is 12.0. The van der Waals surface area contributed by atoms with E-state index < -0.39 is 60.7 Å². The topological polar surface area (TPSA) is 140 Å². The van der Waals surface area contributed by atoms with Crippen LogP contribution in [0.3, 0.4) is 0 Å². The summed E-state index contributed by atoms with van der Waals surface area (Å²) in [6.45, 7) is 5.15. The Bertz CT molecular complexity index is 2150. The van der Waals surface area contributed by atoms with Gasteiger partial charge in [0.05, 0.1) is 49.8 Å². The minimum atomic E-state index is -1.69. The van der Waals surface area contributed by atoms with Crippen LogP contribution in [-0.2, 0) is 9.47 Å². The van der Waals surface area contributed by atoms with E-state index in [2.05, 4.69) is 9.88 Å². The Morgan fingerprint density at radius 1 is 0.917 bits per heavy atom. The number of hydrogen-bond donors (Lipinski definition) is 4. The number of likely N-dealkylation sites (N-methyl/N-ethyl adjacent to an activating group) is 1. The van der Waals surface area contributed by atoms with Crippen molar-refractivity contribution < 1.29 is 43.2 Å². The number of amides is 2. The zero-order chi connectivity index (χ0) is 34.3. The van der Waals surface area contributed by atoms with Crippen LogP contribution < -0.4 is 0 Å². The lowest BCUT2D eigenvalue weighted by Crippen LogP contribution is -2.57. The molecule has 1 saturated heterocycles. The van der Waals surface area contributed by atoms with Gasteiger partial charge in [-0.2, -0.15) is 0 Å². The molecule has 2 aliphatic heterocycles. The molecular weight excluding hydrogens is 673 g/mol. The van der Waals surface area contributed by atoms with Crippen LogP contribution in [0, 0.1) is 11.6 Å². The molecule has 0 bridgehead atoms. The first-order valence-electron chi connectivity index (χ1n) is 15.5. The molecular formula is C33H32Cl2F2N4O7. The number of rotatable bonds is 8. The summed E-state index contributed by atoms with van der Waals surface area (Å²) < 4.78 is 43.0. The van der Waals surface area contributed by atoms with Crippen molar-refractivity contribution in [3.05, 3.63) is 57.1 Å². The molecule has 2 aliphatic rings. The smallest absolute Gasteiger partial charge is 0.262 e. The number of carbonyl (C=O) groups is 2. The fourth-order valence-corrected chi connectivity index (χ4v) is 7.92. The molecule has 4 N–H and O–H groups in total. The number of aromatic amines is 1. The predicted octanol–water partition coefficient (Wildman–Crippen LogP) is 4.58. The van der Waals surface area contributed by atoms with E-state index in [1.54, 1.807) is 0 Å². The second-order valence-corrected chi connectivity index (χ2v) is 12.8. The summed E-state index contributed by atoms with van der Waals surface area (Å²) in [5, 5.41) is 33.3. The number of aliphatic hydroxyl groups is 3. The van der Waals surface area contributed by atoms with E-state index in [0.29, 0.717) is 19.6 Å². The molecule has 48 heavy (non-hydrogen) atoms. The zero-order valence-electron chi connectivity index (χ0n) is 26.1. The van der Waals surface area contributed by atoms with Crippen molar-refractivity contribution in [2.24, 2.45) is 0 Å². The number of H-pyrrole nitrogens is 1. The molecule has 0 saturated carbocycles. The van der Waals surface area contributed by atoms with Crippen molar-refractivity contribution in [1.82, 2.24) is 19.4 Å². The van der Waals surface area contributed by atoms with Gasteiger partial charge in [0.25, 0.3) is 11.8 Å². The van der Waals surface area contributed by atoms with E-state index in [1.807, 2.05) is 13.8 Å². The SMILES string of the molecule is CCN(CC)CCN1C(=O)c2c(c3c4cc(F)cc(Cl)c4n([C@@H]4O[C@H](CO)[C@@H](OC)[C@H](O)[C@H]4O)c3c3[nH]c4c(Cl)cc(F)cc4c23)C1=O. The Balaban J connectivity index is 1.64. The third-order valence-corrected chi connectivity index (χ3v) is 10.2. The van der Waals surface area contributed by atoms with E-state index in [0.717, 1.165) is 23.1 Å². The average Bonchev–Trinajstić information content (AvgIpc) is 3.67. The van der Waals surface area contributed by atoms with Crippen molar-refractivity contribution in [3.8, 4) is 0 Å². The highest BCUT2D eigenvalue weighted by molar-refractivity contribution is 6.43. The Morgan fingerprint density at radius 2 is 1.54 bits per heavy atom. The summed E-state index contributed by atoms with van der Waals surface area (Å²) in [5.74, 6) is -2.70. The second kappa shape index (κ2) is 12.2. The lowest BCUT2D eigenvalue weighted by Gasteiger charge is -2.42. The number of methoxy groups -OCH3 is 1. The molecule has 15 heteroatoms. The molecule has 2 amide bonds. The van der Waals surface area contributed by atoms with Crippen LogP contribution in [-0.4, -0.2) is 111 Å². The van der Waals surface area contributed by atoms with Crippen LogP contribution in [0.15, 0.2) is 24.3 Å². The minimum Gasteiger partial charge on any atom is -0.394 e. The van der Waals surface area contributed by atoms with Gasteiger partial charge in [-0.25, -0.2) is 8.78 Å². The molecule has 0 unspecified atom stereocenters. The van der Waals surface area contributed by atoms with Crippen molar-refractivity contribution in [2.45, 2.75) is 44.5 Å². The molecule has 5 aromatic rings. The summed E-state index contributed by atoms with van der Waals surface area (Å²) in [5.41, 5.74) is 0.640. The summed E-state index contributed by atoms with van der Waals surface area (Å²) in [6.07, 6.45) is -6.96. The van der Waals surface area contributed by atoms with E-state index in [-0.39, 0.29) is 71.3 Å². The van der Waals surface area contributed by atoms with Gasteiger partial charge in [-0.1, -0.05) is 37.0 Å². The molecule has 4 heterocycles. The van der Waals surface area contributed by atoms with Crippen LogP contribution in [0.2, 0.25) is 10.0 Å². The Labute approximate surface area is 282 Å². The van der Waals surface area contributed by atoms with Crippen molar-refractivity contribution >= 4 is 78.6 Å².